The van der Waals surface area contributed by atoms with E-state index in [0.29, 0.717) is 24.2 Å². The van der Waals surface area contributed by atoms with E-state index in [1.807, 2.05) is 12.2 Å². The third-order valence-corrected chi connectivity index (χ3v) is 5.27. The lowest BCUT2D eigenvalue weighted by atomic mass is 9.85. The number of amides is 2. The Morgan fingerprint density at radius 2 is 1.79 bits per heavy atom. The Morgan fingerprint density at radius 3 is 2.36 bits per heavy atom. The van der Waals surface area contributed by atoms with Gasteiger partial charge in [-0.05, 0) is 31.0 Å². The third kappa shape index (κ3) is 4.09. The molecule has 1 fully saturated rings. The first-order valence-corrected chi connectivity index (χ1v) is 9.32. The number of carbonyl (C=O) groups excluding carboxylic acids is 4. The fourth-order valence-corrected chi connectivity index (χ4v) is 3.69. The van der Waals surface area contributed by atoms with Crippen molar-refractivity contribution in [3.8, 4) is 5.75 Å². The Hall–Kier alpha value is -2.67. The summed E-state index contributed by atoms with van der Waals surface area (Å²) in [6.45, 7) is -0.482. The molecule has 1 heterocycles. The van der Waals surface area contributed by atoms with E-state index in [1.165, 1.54) is 19.2 Å². The van der Waals surface area contributed by atoms with Gasteiger partial charge in [-0.15, -0.1) is 0 Å². The molecule has 0 unspecified atom stereocenters. The lowest BCUT2D eigenvalue weighted by molar-refractivity contribution is -0.145. The van der Waals surface area contributed by atoms with E-state index in [4.69, 9.17) is 21.1 Å². The maximum absolute atomic E-state index is 12.3. The number of Topliss-reactive ketones (excluding diaryl/α,β-unsaturated/α-hetero) is 1. The van der Waals surface area contributed by atoms with Crippen molar-refractivity contribution < 1.29 is 28.7 Å². The molecule has 0 N–H and O–H groups in total. The van der Waals surface area contributed by atoms with Gasteiger partial charge >= 0.3 is 5.97 Å². The zero-order valence-corrected chi connectivity index (χ0v) is 16.1. The molecule has 7 nitrogen and oxygen atoms in total. The average molecular weight is 406 g/mol. The fraction of sp³-hybridized carbons (Fsp3) is 0.400. The first kappa shape index (κ1) is 20.1. The van der Waals surface area contributed by atoms with Crippen LogP contribution in [0.1, 0.15) is 29.6 Å². The van der Waals surface area contributed by atoms with Gasteiger partial charge in [0.25, 0.3) is 0 Å². The van der Waals surface area contributed by atoms with Gasteiger partial charge in [-0.25, -0.2) is 0 Å². The topological polar surface area (TPSA) is 90.0 Å². The number of rotatable bonds is 7. The van der Waals surface area contributed by atoms with Gasteiger partial charge in [0.1, 0.15) is 5.75 Å². The lowest BCUT2D eigenvalue weighted by Gasteiger charge is -2.14. The maximum Gasteiger partial charge on any atom is 0.308 e. The Labute approximate surface area is 167 Å². The van der Waals surface area contributed by atoms with Gasteiger partial charge in [0.2, 0.25) is 11.8 Å². The van der Waals surface area contributed by atoms with Crippen molar-refractivity contribution >= 4 is 35.2 Å². The second kappa shape index (κ2) is 8.56. The number of hydrogen-bond acceptors (Lipinski definition) is 6. The van der Waals surface area contributed by atoms with Crippen LogP contribution in [0.4, 0.5) is 0 Å². The van der Waals surface area contributed by atoms with E-state index >= 15 is 0 Å². The lowest BCUT2D eigenvalue weighted by Crippen LogP contribution is -2.33. The van der Waals surface area contributed by atoms with Crippen molar-refractivity contribution in [3.63, 3.8) is 0 Å². The number of fused-ring (bicyclic) bond motifs is 1. The fourth-order valence-electron chi connectivity index (χ4n) is 3.43. The van der Waals surface area contributed by atoms with E-state index in [9.17, 15) is 19.2 Å². The molecule has 8 heteroatoms. The molecule has 1 saturated heterocycles. The molecule has 1 aromatic carbocycles. The standard InChI is InChI=1S/C20H20ClNO6/c1-27-17-7-6-12(10-15(17)21)16(23)11-28-18(24)8-9-22-19(25)13-4-2-3-5-14(13)20(22)26/h2-3,6-7,10,13-14H,4-5,8-9,11H2,1H3/t13-,14-/m0/s1. The van der Waals surface area contributed by atoms with Crippen LogP contribution in [0.25, 0.3) is 0 Å². The minimum absolute atomic E-state index is 0.0357. The summed E-state index contributed by atoms with van der Waals surface area (Å²) in [6.07, 6.45) is 4.76. The summed E-state index contributed by atoms with van der Waals surface area (Å²) >= 11 is 5.98. The van der Waals surface area contributed by atoms with Crippen LogP contribution in [-0.2, 0) is 19.1 Å². The summed E-state index contributed by atoms with van der Waals surface area (Å²) < 4.78 is 10.00. The predicted octanol–water partition coefficient (Wildman–Crippen LogP) is 2.42. The van der Waals surface area contributed by atoms with Gasteiger partial charge in [-0.2, -0.15) is 0 Å². The number of ketones is 1. The molecule has 1 aliphatic heterocycles. The smallest absolute Gasteiger partial charge is 0.308 e. The van der Waals surface area contributed by atoms with Gasteiger partial charge in [0.05, 0.1) is 30.4 Å². The van der Waals surface area contributed by atoms with Crippen LogP contribution in [-0.4, -0.2) is 48.7 Å². The first-order valence-electron chi connectivity index (χ1n) is 8.95. The number of ether oxygens (including phenoxy) is 2. The summed E-state index contributed by atoms with van der Waals surface area (Å²) in [6, 6.07) is 4.52. The SMILES string of the molecule is COc1ccc(C(=O)COC(=O)CCN2C(=O)[C@H]3CC=CC[C@@H]3C2=O)cc1Cl. The van der Waals surface area contributed by atoms with Crippen LogP contribution in [0.5, 0.6) is 5.75 Å². The second-order valence-electron chi connectivity index (χ2n) is 6.67. The summed E-state index contributed by atoms with van der Waals surface area (Å²) in [4.78, 5) is 49.9. The van der Waals surface area contributed by atoms with E-state index in [-0.39, 0.29) is 41.6 Å². The number of allylic oxidation sites excluding steroid dienone is 2. The highest BCUT2D eigenvalue weighted by molar-refractivity contribution is 6.32. The molecule has 0 saturated carbocycles. The second-order valence-corrected chi connectivity index (χ2v) is 7.07. The number of carbonyl (C=O) groups is 4. The van der Waals surface area contributed by atoms with E-state index in [0.717, 1.165) is 4.90 Å². The highest BCUT2D eigenvalue weighted by Gasteiger charge is 2.46. The van der Waals surface area contributed by atoms with Gasteiger partial charge in [0.15, 0.2) is 12.4 Å². The molecule has 3 rings (SSSR count). The maximum atomic E-state index is 12.3. The molecule has 2 amide bonds. The minimum atomic E-state index is -0.651. The van der Waals surface area contributed by atoms with Crippen molar-refractivity contribution in [2.24, 2.45) is 11.8 Å². The Morgan fingerprint density at radius 1 is 1.14 bits per heavy atom. The number of halogens is 1. The van der Waals surface area contributed by atoms with Crippen molar-refractivity contribution in [1.29, 1.82) is 0 Å². The highest BCUT2D eigenvalue weighted by atomic mass is 35.5. The summed E-state index contributed by atoms with van der Waals surface area (Å²) in [7, 11) is 1.46. The molecule has 2 aliphatic rings. The van der Waals surface area contributed by atoms with Crippen molar-refractivity contribution in [1.82, 2.24) is 4.90 Å². The number of esters is 1. The van der Waals surface area contributed by atoms with Gasteiger partial charge < -0.3 is 9.47 Å². The first-order chi connectivity index (χ1) is 13.4. The van der Waals surface area contributed by atoms with Crippen LogP contribution in [0.2, 0.25) is 5.02 Å². The van der Waals surface area contributed by atoms with Crippen LogP contribution in [0.3, 0.4) is 0 Å². The van der Waals surface area contributed by atoms with Gasteiger partial charge in [-0.1, -0.05) is 23.8 Å². The molecular weight excluding hydrogens is 386 g/mol. The molecule has 1 aliphatic carbocycles. The van der Waals surface area contributed by atoms with Gasteiger partial charge in [0, 0.05) is 12.1 Å². The number of benzene rings is 1. The molecule has 28 heavy (non-hydrogen) atoms. The predicted molar refractivity (Wildman–Crippen MR) is 100.0 cm³/mol. The number of likely N-dealkylation sites (tertiary alicyclic amines) is 1. The molecule has 0 bridgehead atoms. The Kier molecular flexibility index (Phi) is 6.14. The van der Waals surface area contributed by atoms with Crippen LogP contribution >= 0.6 is 11.6 Å². The molecular formula is C20H20ClNO6. The molecule has 0 radical (unpaired) electrons. The number of methoxy groups -OCH3 is 1. The zero-order chi connectivity index (χ0) is 20.3. The third-order valence-electron chi connectivity index (χ3n) is 4.98. The van der Waals surface area contributed by atoms with Crippen LogP contribution in [0, 0.1) is 11.8 Å². The Bertz CT molecular complexity index is 823. The summed E-state index contributed by atoms with van der Waals surface area (Å²) in [5.41, 5.74) is 0.292. The quantitative estimate of drug-likeness (QED) is 0.299. The van der Waals surface area contributed by atoms with Crippen LogP contribution in [0.15, 0.2) is 30.4 Å². The van der Waals surface area contributed by atoms with E-state index < -0.39 is 18.4 Å². The minimum Gasteiger partial charge on any atom is -0.495 e. The summed E-state index contributed by atoms with van der Waals surface area (Å²) in [5, 5.41) is 0.279. The molecule has 1 aromatic rings. The monoisotopic (exact) mass is 405 g/mol. The van der Waals surface area contributed by atoms with Crippen molar-refractivity contribution in [3.05, 3.63) is 40.9 Å². The number of imide groups is 1. The van der Waals surface area contributed by atoms with Crippen molar-refractivity contribution in [2.45, 2.75) is 19.3 Å². The summed E-state index contributed by atoms with van der Waals surface area (Å²) in [5.74, 6) is -1.76. The van der Waals surface area contributed by atoms with Crippen LogP contribution < -0.4 is 4.74 Å². The number of hydrogen-bond donors (Lipinski definition) is 0. The molecule has 148 valence electrons. The number of nitrogens with zero attached hydrogens (tertiary/aromatic N) is 1. The normalized spacial score (nSPS) is 20.9. The molecule has 2 atom stereocenters. The highest BCUT2D eigenvalue weighted by Crippen LogP contribution is 2.35. The zero-order valence-electron chi connectivity index (χ0n) is 15.4. The van der Waals surface area contributed by atoms with E-state index in [2.05, 4.69) is 0 Å². The Balaban J connectivity index is 1.48. The van der Waals surface area contributed by atoms with Crippen molar-refractivity contribution in [2.75, 3.05) is 20.3 Å². The van der Waals surface area contributed by atoms with E-state index in [1.54, 1.807) is 6.07 Å². The average Bonchev–Trinajstić information content (AvgIpc) is 2.95. The molecule has 0 spiro atoms. The molecule has 0 aromatic heterocycles. The van der Waals surface area contributed by atoms with Gasteiger partial charge in [-0.3, -0.25) is 24.1 Å². The largest absolute Gasteiger partial charge is 0.495 e.